The fraction of sp³-hybridized carbons (Fsp3) is 0.250. The minimum absolute atomic E-state index is 0.102. The number of hydrogen-bond acceptors (Lipinski definition) is 2. The van der Waals surface area contributed by atoms with Crippen molar-refractivity contribution in [2.75, 3.05) is 9.80 Å². The van der Waals surface area contributed by atoms with E-state index in [9.17, 15) is 0 Å². The van der Waals surface area contributed by atoms with Crippen LogP contribution in [0.25, 0.3) is 22.3 Å². The molecule has 59 heavy (non-hydrogen) atoms. The van der Waals surface area contributed by atoms with Crippen molar-refractivity contribution in [1.82, 2.24) is 0 Å². The number of rotatable bonds is 2. The van der Waals surface area contributed by atoms with Gasteiger partial charge in [-0.2, -0.15) is 0 Å². The molecule has 7 aromatic carbocycles. The van der Waals surface area contributed by atoms with Crippen LogP contribution >= 0.6 is 0 Å². The fourth-order valence-corrected chi connectivity index (χ4v) is 15.8. The standard InChI is InChI=1S/C56H45BN2/c1-3-12-38(13-4-1)58-49-20-11-21-50-53(49)57(48-33-46-42(32-51(48)58)40-16-7-9-18-43(40)56(46)36-26-27-37(56)29-28-36)47-31-30-45-52(54(47)59(50)39-14-5-2-6-15-39)41-17-8-10-19-44(41)55(45)34-22-23-35(55)25-24-34/h1-21,30-37H,22-29H2. The third-order valence-corrected chi connectivity index (χ3v) is 17.5. The predicted octanol–water partition coefficient (Wildman–Crippen LogP) is 11.9. The molecule has 2 nitrogen and oxygen atoms in total. The first-order valence-electron chi connectivity index (χ1n) is 22.7. The number of fused-ring (bicyclic) bond motifs is 11. The Labute approximate surface area is 347 Å². The molecular weight excluding hydrogens is 711 g/mol. The quantitative estimate of drug-likeness (QED) is 0.162. The minimum Gasteiger partial charge on any atom is -0.311 e. The highest BCUT2D eigenvalue weighted by Gasteiger charge is 2.62. The lowest BCUT2D eigenvalue weighted by Crippen LogP contribution is -2.61. The summed E-state index contributed by atoms with van der Waals surface area (Å²) in [5.74, 6) is 2.87. The van der Waals surface area contributed by atoms with Gasteiger partial charge in [-0.3, -0.25) is 0 Å². The molecule has 2 spiro atoms. The lowest BCUT2D eigenvalue weighted by molar-refractivity contribution is 0.400. The Morgan fingerprint density at radius 1 is 0.390 bits per heavy atom. The maximum absolute atomic E-state index is 2.78. The van der Waals surface area contributed by atoms with E-state index >= 15 is 0 Å². The highest BCUT2D eigenvalue weighted by molar-refractivity contribution is 7.00. The summed E-state index contributed by atoms with van der Waals surface area (Å²) in [6.45, 7) is 0.102. The van der Waals surface area contributed by atoms with Gasteiger partial charge in [0.05, 0.1) is 0 Å². The molecule has 4 saturated carbocycles. The van der Waals surface area contributed by atoms with Crippen molar-refractivity contribution < 1.29 is 0 Å². The predicted molar refractivity (Wildman–Crippen MR) is 244 cm³/mol. The van der Waals surface area contributed by atoms with Gasteiger partial charge in [0.2, 0.25) is 0 Å². The normalized spacial score (nSPS) is 27.5. The maximum Gasteiger partial charge on any atom is 0.252 e. The van der Waals surface area contributed by atoms with Crippen molar-refractivity contribution in [2.24, 2.45) is 23.7 Å². The average Bonchev–Trinajstić information content (AvgIpc) is 4.15. The van der Waals surface area contributed by atoms with Crippen molar-refractivity contribution >= 4 is 57.2 Å². The van der Waals surface area contributed by atoms with E-state index in [2.05, 4.69) is 161 Å². The van der Waals surface area contributed by atoms with E-state index in [0.29, 0.717) is 0 Å². The van der Waals surface area contributed by atoms with Crippen LogP contribution in [-0.2, 0) is 10.8 Å². The van der Waals surface area contributed by atoms with Gasteiger partial charge in [-0.05, 0) is 173 Å². The molecule has 0 N–H and O–H groups in total. The highest BCUT2D eigenvalue weighted by Crippen LogP contribution is 2.70. The van der Waals surface area contributed by atoms with Gasteiger partial charge in [0.15, 0.2) is 0 Å². The summed E-state index contributed by atoms with van der Waals surface area (Å²) in [6.07, 6.45) is 10.8. The first-order chi connectivity index (χ1) is 29.3. The number of para-hydroxylation sites is 2. The first kappa shape index (κ1) is 32.1. The van der Waals surface area contributed by atoms with Crippen LogP contribution in [0.4, 0.5) is 34.1 Å². The Balaban J connectivity index is 1.08. The molecule has 2 aliphatic heterocycles. The maximum atomic E-state index is 2.78. The van der Waals surface area contributed by atoms with Gasteiger partial charge >= 0.3 is 0 Å². The molecule has 0 radical (unpaired) electrons. The lowest BCUT2D eigenvalue weighted by atomic mass is 9.33. The fourth-order valence-electron chi connectivity index (χ4n) is 15.8. The van der Waals surface area contributed by atoms with Crippen molar-refractivity contribution in [1.29, 1.82) is 0 Å². The SMILES string of the molecule is c1ccc(N2c3cc4c(cc3B3c5ccc6c(c5N(c5ccccc5)c5cccc2c53)-c2ccccc2C62C3CCC2CC3)C2(c3ccccc3-4)C3CCC2CC3)cc1. The molecule has 0 atom stereocenters. The van der Waals surface area contributed by atoms with E-state index in [-0.39, 0.29) is 17.5 Å². The Hall–Kier alpha value is -5.80. The van der Waals surface area contributed by atoms with Gasteiger partial charge in [0.25, 0.3) is 6.71 Å². The lowest BCUT2D eigenvalue weighted by Gasteiger charge is -2.45. The summed E-state index contributed by atoms with van der Waals surface area (Å²) >= 11 is 0. The largest absolute Gasteiger partial charge is 0.311 e. The van der Waals surface area contributed by atoms with Gasteiger partial charge in [0, 0.05) is 50.5 Å². The van der Waals surface area contributed by atoms with Crippen LogP contribution in [0.1, 0.15) is 73.6 Å². The third kappa shape index (κ3) is 3.60. The van der Waals surface area contributed by atoms with Crippen molar-refractivity contribution in [2.45, 2.75) is 62.2 Å². The molecule has 7 aromatic rings. The molecule has 2 heterocycles. The number of nitrogens with zero attached hydrogens (tertiary/aromatic N) is 2. The molecule has 8 aliphatic rings. The van der Waals surface area contributed by atoms with Crippen LogP contribution in [0.3, 0.4) is 0 Å². The van der Waals surface area contributed by atoms with Crippen molar-refractivity contribution in [3.05, 3.63) is 174 Å². The topological polar surface area (TPSA) is 6.48 Å². The minimum atomic E-state index is 0.102. The van der Waals surface area contributed by atoms with Gasteiger partial charge in [-0.1, -0.05) is 109 Å². The van der Waals surface area contributed by atoms with Gasteiger partial charge < -0.3 is 9.80 Å². The van der Waals surface area contributed by atoms with E-state index in [0.717, 1.165) is 23.7 Å². The summed E-state index contributed by atoms with van der Waals surface area (Å²) in [6, 6.07) is 59.6. The van der Waals surface area contributed by atoms with E-state index in [1.54, 1.807) is 22.3 Å². The Bertz CT molecular complexity index is 2930. The second-order valence-electron chi connectivity index (χ2n) is 19.3. The van der Waals surface area contributed by atoms with Gasteiger partial charge in [0.1, 0.15) is 0 Å². The number of hydrogen-bond donors (Lipinski definition) is 0. The average molecular weight is 757 g/mol. The van der Waals surface area contributed by atoms with Crippen LogP contribution in [0.15, 0.2) is 152 Å². The zero-order chi connectivity index (χ0) is 38.2. The summed E-state index contributed by atoms with van der Waals surface area (Å²) in [5, 5.41) is 0. The first-order valence-corrected chi connectivity index (χ1v) is 22.7. The van der Waals surface area contributed by atoms with E-state index in [4.69, 9.17) is 0 Å². The van der Waals surface area contributed by atoms with Crippen LogP contribution in [0.5, 0.6) is 0 Å². The van der Waals surface area contributed by atoms with Gasteiger partial charge in [-0.25, -0.2) is 0 Å². The molecular formula is C56H45BN2. The Morgan fingerprint density at radius 3 is 1.56 bits per heavy atom. The molecule has 4 fully saturated rings. The number of anilines is 6. The van der Waals surface area contributed by atoms with Crippen LogP contribution in [-0.4, -0.2) is 6.71 Å². The zero-order valence-electron chi connectivity index (χ0n) is 33.4. The summed E-state index contributed by atoms with van der Waals surface area (Å²) in [5.41, 5.74) is 24.8. The van der Waals surface area contributed by atoms with Crippen LogP contribution in [0.2, 0.25) is 0 Å². The van der Waals surface area contributed by atoms with E-state index in [1.807, 2.05) is 0 Å². The molecule has 282 valence electrons. The van der Waals surface area contributed by atoms with Crippen LogP contribution in [0, 0.1) is 23.7 Å². The summed E-state index contributed by atoms with van der Waals surface area (Å²) < 4.78 is 0. The summed E-state index contributed by atoms with van der Waals surface area (Å²) in [4.78, 5) is 5.30. The van der Waals surface area contributed by atoms with Crippen molar-refractivity contribution in [3.8, 4) is 22.3 Å². The van der Waals surface area contributed by atoms with E-state index < -0.39 is 0 Å². The summed E-state index contributed by atoms with van der Waals surface area (Å²) in [7, 11) is 0. The van der Waals surface area contributed by atoms with E-state index in [1.165, 1.54) is 124 Å². The Morgan fingerprint density at radius 2 is 0.915 bits per heavy atom. The molecule has 0 amide bonds. The molecule has 0 saturated heterocycles. The van der Waals surface area contributed by atoms with Crippen LogP contribution < -0.4 is 26.2 Å². The second kappa shape index (κ2) is 11.1. The monoisotopic (exact) mass is 756 g/mol. The molecule has 4 bridgehead atoms. The molecule has 6 aliphatic carbocycles. The third-order valence-electron chi connectivity index (χ3n) is 17.5. The number of benzene rings is 7. The zero-order valence-corrected chi connectivity index (χ0v) is 33.4. The molecule has 0 unspecified atom stereocenters. The molecule has 15 rings (SSSR count). The molecule has 3 heteroatoms. The second-order valence-corrected chi connectivity index (χ2v) is 19.3. The van der Waals surface area contributed by atoms with Gasteiger partial charge in [-0.15, -0.1) is 0 Å². The van der Waals surface area contributed by atoms with Crippen molar-refractivity contribution in [3.63, 3.8) is 0 Å². The highest BCUT2D eigenvalue weighted by atomic mass is 15.2. The molecule has 0 aromatic heterocycles. The smallest absolute Gasteiger partial charge is 0.252 e. The Kier molecular flexibility index (Phi) is 6.02.